The van der Waals surface area contributed by atoms with Crippen molar-refractivity contribution in [1.82, 2.24) is 9.55 Å². The zero-order valence-electron chi connectivity index (χ0n) is 11.9. The molecule has 0 unspecified atom stereocenters. The lowest BCUT2D eigenvalue weighted by atomic mass is 10.1. The van der Waals surface area contributed by atoms with E-state index in [9.17, 15) is 0 Å². The van der Waals surface area contributed by atoms with E-state index < -0.39 is 0 Å². The third-order valence-electron chi connectivity index (χ3n) is 3.38. The van der Waals surface area contributed by atoms with Gasteiger partial charge in [-0.25, -0.2) is 0 Å². The third kappa shape index (κ3) is 2.80. The maximum Gasteiger partial charge on any atom is 0.182 e. The molecule has 1 heterocycles. The Morgan fingerprint density at radius 2 is 1.62 bits per heavy atom. The molecular weight excluding hydrogens is 300 g/mol. The van der Waals surface area contributed by atoms with Gasteiger partial charge in [-0.1, -0.05) is 29.8 Å². The Morgan fingerprint density at radius 1 is 1.00 bits per heavy atom. The molecule has 0 aliphatic heterocycles. The average Bonchev–Trinajstić information content (AvgIpc) is 2.80. The highest BCUT2D eigenvalue weighted by Crippen LogP contribution is 2.26. The van der Waals surface area contributed by atoms with Gasteiger partial charge in [0.15, 0.2) is 4.77 Å². The second-order valence-corrected chi connectivity index (χ2v) is 5.99. The summed E-state index contributed by atoms with van der Waals surface area (Å²) in [5, 5.41) is 0.728. The van der Waals surface area contributed by atoms with Crippen LogP contribution in [-0.2, 0) is 0 Å². The van der Waals surface area contributed by atoms with E-state index in [4.69, 9.17) is 23.8 Å². The van der Waals surface area contributed by atoms with Crippen molar-refractivity contribution in [3.05, 3.63) is 69.6 Å². The van der Waals surface area contributed by atoms with E-state index in [0.29, 0.717) is 4.77 Å². The number of hydrogen-bond donors (Lipinski definition) is 1. The number of halogens is 1. The smallest absolute Gasteiger partial charge is 0.182 e. The van der Waals surface area contributed by atoms with Crippen LogP contribution < -0.4 is 0 Å². The number of aromatic amines is 1. The Bertz CT molecular complexity index is 824. The number of H-pyrrole nitrogens is 1. The molecule has 0 fully saturated rings. The van der Waals surface area contributed by atoms with Gasteiger partial charge in [0.2, 0.25) is 0 Å². The second kappa shape index (κ2) is 5.51. The molecule has 0 bridgehead atoms. The summed E-state index contributed by atoms with van der Waals surface area (Å²) in [4.78, 5) is 3.13. The maximum absolute atomic E-state index is 5.97. The number of imidazole rings is 1. The lowest BCUT2D eigenvalue weighted by molar-refractivity contribution is 1.03. The largest absolute Gasteiger partial charge is 0.336 e. The number of benzene rings is 2. The van der Waals surface area contributed by atoms with Crippen molar-refractivity contribution in [2.75, 3.05) is 0 Å². The fraction of sp³-hybridized carbons (Fsp3) is 0.118. The normalized spacial score (nSPS) is 10.8. The number of hydrogen-bond acceptors (Lipinski definition) is 1. The van der Waals surface area contributed by atoms with Crippen molar-refractivity contribution in [3.63, 3.8) is 0 Å². The minimum atomic E-state index is 0.685. The molecular formula is C17H15ClN2S. The summed E-state index contributed by atoms with van der Waals surface area (Å²) in [6, 6.07) is 14.2. The molecule has 3 aromatic rings. The van der Waals surface area contributed by atoms with Gasteiger partial charge in [0.25, 0.3) is 0 Å². The Morgan fingerprint density at radius 3 is 2.24 bits per heavy atom. The van der Waals surface area contributed by atoms with Gasteiger partial charge in [0.1, 0.15) is 0 Å². The first kappa shape index (κ1) is 14.1. The van der Waals surface area contributed by atoms with Crippen LogP contribution in [0.25, 0.3) is 16.9 Å². The molecule has 3 rings (SSSR count). The van der Waals surface area contributed by atoms with Gasteiger partial charge in [0.05, 0.1) is 5.69 Å². The van der Waals surface area contributed by atoms with E-state index >= 15 is 0 Å². The van der Waals surface area contributed by atoms with Gasteiger partial charge in [-0.2, -0.15) is 0 Å². The molecule has 0 radical (unpaired) electrons. The maximum atomic E-state index is 5.97. The van der Waals surface area contributed by atoms with Crippen molar-refractivity contribution in [3.8, 4) is 16.9 Å². The van der Waals surface area contributed by atoms with Crippen LogP contribution >= 0.6 is 23.8 Å². The zero-order chi connectivity index (χ0) is 15.0. The van der Waals surface area contributed by atoms with Crippen molar-refractivity contribution in [2.45, 2.75) is 13.8 Å². The topological polar surface area (TPSA) is 20.7 Å². The minimum Gasteiger partial charge on any atom is -0.336 e. The van der Waals surface area contributed by atoms with Crippen LogP contribution in [0.4, 0.5) is 0 Å². The van der Waals surface area contributed by atoms with E-state index in [-0.39, 0.29) is 0 Å². The third-order valence-corrected chi connectivity index (χ3v) is 3.93. The van der Waals surface area contributed by atoms with Gasteiger partial charge < -0.3 is 4.98 Å². The summed E-state index contributed by atoms with van der Waals surface area (Å²) in [5.41, 5.74) is 5.61. The number of aryl methyl sites for hydroxylation is 2. The quantitative estimate of drug-likeness (QED) is 0.622. The Balaban J connectivity index is 2.21. The van der Waals surface area contributed by atoms with Gasteiger partial charge in [-0.05, 0) is 61.5 Å². The lowest BCUT2D eigenvalue weighted by Crippen LogP contribution is -1.98. The predicted molar refractivity (Wildman–Crippen MR) is 90.9 cm³/mol. The van der Waals surface area contributed by atoms with Gasteiger partial charge in [0, 0.05) is 22.5 Å². The lowest BCUT2D eigenvalue weighted by Gasteiger charge is -2.11. The molecule has 0 atom stereocenters. The molecule has 0 amide bonds. The van der Waals surface area contributed by atoms with Crippen LogP contribution in [0.15, 0.2) is 48.7 Å². The fourth-order valence-corrected chi connectivity index (χ4v) is 2.93. The highest BCUT2D eigenvalue weighted by Gasteiger charge is 2.09. The van der Waals surface area contributed by atoms with Crippen molar-refractivity contribution in [1.29, 1.82) is 0 Å². The fourth-order valence-electron chi connectivity index (χ4n) is 2.54. The molecule has 4 heteroatoms. The van der Waals surface area contributed by atoms with Crippen LogP contribution in [0.2, 0.25) is 5.02 Å². The van der Waals surface area contributed by atoms with E-state index in [1.54, 1.807) is 0 Å². The molecule has 1 aromatic heterocycles. The molecule has 0 saturated carbocycles. The van der Waals surface area contributed by atoms with Crippen molar-refractivity contribution < 1.29 is 0 Å². The van der Waals surface area contributed by atoms with Gasteiger partial charge in [-0.3, -0.25) is 4.57 Å². The molecule has 1 N–H and O–H groups in total. The summed E-state index contributed by atoms with van der Waals surface area (Å²) in [5.74, 6) is 0. The summed E-state index contributed by atoms with van der Waals surface area (Å²) in [7, 11) is 0. The first-order valence-corrected chi connectivity index (χ1v) is 7.48. The summed E-state index contributed by atoms with van der Waals surface area (Å²) in [6.07, 6.45) is 1.93. The zero-order valence-corrected chi connectivity index (χ0v) is 13.4. The van der Waals surface area contributed by atoms with Crippen LogP contribution in [0.5, 0.6) is 0 Å². The first-order valence-electron chi connectivity index (χ1n) is 6.69. The van der Waals surface area contributed by atoms with Crippen molar-refractivity contribution >= 4 is 23.8 Å². The van der Waals surface area contributed by atoms with Gasteiger partial charge in [-0.15, -0.1) is 0 Å². The Kier molecular flexibility index (Phi) is 3.70. The number of aromatic nitrogens is 2. The van der Waals surface area contributed by atoms with Crippen LogP contribution in [0, 0.1) is 18.6 Å². The Labute approximate surface area is 134 Å². The second-order valence-electron chi connectivity index (χ2n) is 5.17. The SMILES string of the molecule is Cc1cc(C)cc(-n2c(-c3ccc(Cl)cc3)c[nH]c2=S)c1. The van der Waals surface area contributed by atoms with E-state index in [1.165, 1.54) is 11.1 Å². The monoisotopic (exact) mass is 314 g/mol. The van der Waals surface area contributed by atoms with E-state index in [0.717, 1.165) is 22.0 Å². The number of nitrogens with zero attached hydrogens (tertiary/aromatic N) is 1. The molecule has 0 aliphatic rings. The van der Waals surface area contributed by atoms with E-state index in [2.05, 4.69) is 41.6 Å². The molecule has 2 nitrogen and oxygen atoms in total. The molecule has 0 saturated heterocycles. The molecule has 0 aliphatic carbocycles. The van der Waals surface area contributed by atoms with Crippen LogP contribution in [-0.4, -0.2) is 9.55 Å². The summed E-state index contributed by atoms with van der Waals surface area (Å²) < 4.78 is 2.74. The molecule has 21 heavy (non-hydrogen) atoms. The highest BCUT2D eigenvalue weighted by atomic mass is 35.5. The Hall–Kier alpha value is -1.84. The number of rotatable bonds is 2. The van der Waals surface area contributed by atoms with E-state index in [1.807, 2.05) is 30.5 Å². The molecule has 2 aromatic carbocycles. The van der Waals surface area contributed by atoms with Crippen LogP contribution in [0.3, 0.4) is 0 Å². The minimum absolute atomic E-state index is 0.685. The average molecular weight is 315 g/mol. The molecule has 106 valence electrons. The summed E-state index contributed by atoms with van der Waals surface area (Å²) in [6.45, 7) is 4.18. The molecule has 0 spiro atoms. The van der Waals surface area contributed by atoms with Gasteiger partial charge >= 0.3 is 0 Å². The van der Waals surface area contributed by atoms with Crippen LogP contribution in [0.1, 0.15) is 11.1 Å². The predicted octanol–water partition coefficient (Wildman–Crippen LogP) is 5.47. The summed E-state index contributed by atoms with van der Waals surface area (Å²) >= 11 is 11.4. The standard InChI is InChI=1S/C17H15ClN2S/c1-11-7-12(2)9-15(8-11)20-16(10-19-17(20)21)13-3-5-14(18)6-4-13/h3-10H,1-2H3,(H,19,21). The van der Waals surface area contributed by atoms with Crippen molar-refractivity contribution in [2.24, 2.45) is 0 Å². The number of nitrogens with one attached hydrogen (secondary N) is 1. The first-order chi connectivity index (χ1) is 10.0. The highest BCUT2D eigenvalue weighted by molar-refractivity contribution is 7.71.